The molecule has 17 heavy (non-hydrogen) atoms. The highest BCUT2D eigenvalue weighted by atomic mass is 16.3. The van der Waals surface area contributed by atoms with Crippen molar-refractivity contribution in [3.05, 3.63) is 24.2 Å². The lowest BCUT2D eigenvalue weighted by molar-refractivity contribution is 0.166. The number of likely N-dealkylation sites (N-methyl/N-ethyl adjacent to an activating group) is 1. The van der Waals surface area contributed by atoms with E-state index in [-0.39, 0.29) is 0 Å². The molecule has 0 spiro atoms. The summed E-state index contributed by atoms with van der Waals surface area (Å²) in [6.45, 7) is 10.8. The zero-order valence-corrected chi connectivity index (χ0v) is 11.7. The molecule has 1 atom stereocenters. The molecular formula is C14H26N2O. The third-order valence-electron chi connectivity index (χ3n) is 3.06. The van der Waals surface area contributed by atoms with Crippen LogP contribution in [0.1, 0.15) is 33.5 Å². The Kier molecular flexibility index (Phi) is 5.72. The van der Waals surface area contributed by atoms with Crippen LogP contribution in [-0.2, 0) is 6.54 Å². The molecule has 98 valence electrons. The monoisotopic (exact) mass is 238 g/mol. The third-order valence-corrected chi connectivity index (χ3v) is 3.06. The highest BCUT2D eigenvalue weighted by Gasteiger charge is 2.19. The highest BCUT2D eigenvalue weighted by molar-refractivity contribution is 4.98. The average Bonchev–Trinajstić information content (AvgIpc) is 2.69. The minimum Gasteiger partial charge on any atom is -0.468 e. The number of hydrogen-bond acceptors (Lipinski definition) is 3. The molecule has 1 N–H and O–H groups in total. The van der Waals surface area contributed by atoms with Crippen LogP contribution >= 0.6 is 0 Å². The molecule has 3 nitrogen and oxygen atoms in total. The van der Waals surface area contributed by atoms with Crippen molar-refractivity contribution in [2.45, 2.75) is 46.3 Å². The number of nitrogens with one attached hydrogen (secondary N) is 1. The predicted octanol–water partition coefficient (Wildman–Crippen LogP) is 2.73. The molecule has 1 rings (SSSR count). The zero-order valence-electron chi connectivity index (χ0n) is 11.7. The van der Waals surface area contributed by atoms with Gasteiger partial charge in [0.1, 0.15) is 5.76 Å². The molecule has 0 saturated carbocycles. The summed E-state index contributed by atoms with van der Waals surface area (Å²) in [6, 6.07) is 5.04. The Hall–Kier alpha value is -0.800. The molecule has 0 fully saturated rings. The Balaban J connectivity index is 2.51. The van der Waals surface area contributed by atoms with E-state index in [1.165, 1.54) is 0 Å². The van der Waals surface area contributed by atoms with Gasteiger partial charge in [-0.2, -0.15) is 0 Å². The average molecular weight is 238 g/mol. The molecule has 1 unspecified atom stereocenters. The molecule has 0 bridgehead atoms. The normalized spacial score (nSPS) is 13.9. The Bertz CT molecular complexity index is 293. The summed E-state index contributed by atoms with van der Waals surface area (Å²) in [6.07, 6.45) is 1.74. The topological polar surface area (TPSA) is 28.4 Å². The first-order chi connectivity index (χ1) is 8.00. The maximum Gasteiger partial charge on any atom is 0.117 e. The van der Waals surface area contributed by atoms with Gasteiger partial charge in [0.25, 0.3) is 0 Å². The number of nitrogens with zero attached hydrogens (tertiary/aromatic N) is 1. The molecular weight excluding hydrogens is 212 g/mol. The lowest BCUT2D eigenvalue weighted by Crippen LogP contribution is -2.44. The lowest BCUT2D eigenvalue weighted by Gasteiger charge is -2.31. The van der Waals surface area contributed by atoms with Crippen LogP contribution in [0.4, 0.5) is 0 Å². The van der Waals surface area contributed by atoms with Crippen molar-refractivity contribution in [1.29, 1.82) is 0 Å². The van der Waals surface area contributed by atoms with Crippen molar-refractivity contribution in [1.82, 2.24) is 10.2 Å². The third kappa shape index (κ3) is 4.92. The van der Waals surface area contributed by atoms with E-state index in [0.29, 0.717) is 18.0 Å². The van der Waals surface area contributed by atoms with Gasteiger partial charge in [-0.25, -0.2) is 0 Å². The summed E-state index contributed by atoms with van der Waals surface area (Å²) in [7, 11) is 2.16. The Labute approximate surface area is 105 Å². The number of furan rings is 1. The van der Waals surface area contributed by atoms with Gasteiger partial charge in [0, 0.05) is 18.6 Å². The molecule has 0 saturated heterocycles. The number of rotatable bonds is 7. The van der Waals surface area contributed by atoms with Crippen LogP contribution in [0.3, 0.4) is 0 Å². The SMILES string of the molecule is CC(C)NCC(C(C)C)N(C)Cc1ccco1. The van der Waals surface area contributed by atoms with Crippen LogP contribution < -0.4 is 5.32 Å². The maximum atomic E-state index is 5.40. The predicted molar refractivity (Wildman–Crippen MR) is 71.9 cm³/mol. The van der Waals surface area contributed by atoms with Crippen LogP contribution in [-0.4, -0.2) is 30.6 Å². The molecule has 0 aliphatic heterocycles. The summed E-state index contributed by atoms with van der Waals surface area (Å²) in [4.78, 5) is 2.36. The van der Waals surface area contributed by atoms with E-state index in [2.05, 4.69) is 45.0 Å². The minimum atomic E-state index is 0.530. The molecule has 1 heterocycles. The molecule has 0 aliphatic rings. The van der Waals surface area contributed by atoms with Crippen molar-refractivity contribution < 1.29 is 4.42 Å². The Morgan fingerprint density at radius 3 is 2.47 bits per heavy atom. The van der Waals surface area contributed by atoms with Crippen LogP contribution in [0, 0.1) is 5.92 Å². The quantitative estimate of drug-likeness (QED) is 0.791. The zero-order chi connectivity index (χ0) is 12.8. The van der Waals surface area contributed by atoms with Gasteiger partial charge in [0.2, 0.25) is 0 Å². The van der Waals surface area contributed by atoms with Crippen molar-refractivity contribution in [2.24, 2.45) is 5.92 Å². The largest absolute Gasteiger partial charge is 0.468 e. The molecule has 1 aromatic rings. The fraction of sp³-hybridized carbons (Fsp3) is 0.714. The van der Waals surface area contributed by atoms with E-state index in [1.54, 1.807) is 6.26 Å². The Morgan fingerprint density at radius 2 is 2.00 bits per heavy atom. The van der Waals surface area contributed by atoms with Crippen molar-refractivity contribution >= 4 is 0 Å². The van der Waals surface area contributed by atoms with Crippen LogP contribution in [0.15, 0.2) is 22.8 Å². The van der Waals surface area contributed by atoms with E-state index in [1.807, 2.05) is 12.1 Å². The molecule has 0 amide bonds. The van der Waals surface area contributed by atoms with Crippen molar-refractivity contribution in [3.8, 4) is 0 Å². The maximum absolute atomic E-state index is 5.40. The van der Waals surface area contributed by atoms with Crippen LogP contribution in [0.25, 0.3) is 0 Å². The Morgan fingerprint density at radius 1 is 1.29 bits per heavy atom. The van der Waals surface area contributed by atoms with Gasteiger partial charge >= 0.3 is 0 Å². The van der Waals surface area contributed by atoms with Gasteiger partial charge in [-0.15, -0.1) is 0 Å². The van der Waals surface area contributed by atoms with Gasteiger partial charge in [0.05, 0.1) is 12.8 Å². The van der Waals surface area contributed by atoms with Crippen LogP contribution in [0.2, 0.25) is 0 Å². The molecule has 0 aromatic carbocycles. The second-order valence-corrected chi connectivity index (χ2v) is 5.37. The first-order valence-corrected chi connectivity index (χ1v) is 6.46. The van der Waals surface area contributed by atoms with E-state index < -0.39 is 0 Å². The molecule has 1 aromatic heterocycles. The summed E-state index contributed by atoms with van der Waals surface area (Å²) in [5, 5.41) is 3.52. The smallest absolute Gasteiger partial charge is 0.117 e. The van der Waals surface area contributed by atoms with E-state index in [4.69, 9.17) is 4.42 Å². The highest BCUT2D eigenvalue weighted by Crippen LogP contribution is 2.13. The summed E-state index contributed by atoms with van der Waals surface area (Å²) in [5.41, 5.74) is 0. The fourth-order valence-corrected chi connectivity index (χ4v) is 2.02. The van der Waals surface area contributed by atoms with E-state index in [9.17, 15) is 0 Å². The van der Waals surface area contributed by atoms with E-state index in [0.717, 1.165) is 18.8 Å². The van der Waals surface area contributed by atoms with Gasteiger partial charge in [0.15, 0.2) is 0 Å². The van der Waals surface area contributed by atoms with E-state index >= 15 is 0 Å². The summed E-state index contributed by atoms with van der Waals surface area (Å²) >= 11 is 0. The van der Waals surface area contributed by atoms with Crippen molar-refractivity contribution in [2.75, 3.05) is 13.6 Å². The molecule has 0 radical (unpaired) electrons. The first-order valence-electron chi connectivity index (χ1n) is 6.46. The van der Waals surface area contributed by atoms with Gasteiger partial charge < -0.3 is 9.73 Å². The second-order valence-electron chi connectivity index (χ2n) is 5.37. The standard InChI is InChI=1S/C14H26N2O/c1-11(2)14(9-15-12(3)4)16(5)10-13-7-6-8-17-13/h6-8,11-12,14-15H,9-10H2,1-5H3. The van der Waals surface area contributed by atoms with Crippen molar-refractivity contribution in [3.63, 3.8) is 0 Å². The summed E-state index contributed by atoms with van der Waals surface area (Å²) < 4.78 is 5.40. The molecule has 3 heteroatoms. The summed E-state index contributed by atoms with van der Waals surface area (Å²) in [5.74, 6) is 1.66. The van der Waals surface area contributed by atoms with Crippen LogP contribution in [0.5, 0.6) is 0 Å². The van der Waals surface area contributed by atoms with Gasteiger partial charge in [-0.3, -0.25) is 4.90 Å². The fourth-order valence-electron chi connectivity index (χ4n) is 2.02. The van der Waals surface area contributed by atoms with Gasteiger partial charge in [-0.05, 0) is 25.1 Å². The minimum absolute atomic E-state index is 0.530. The lowest BCUT2D eigenvalue weighted by atomic mass is 10.0. The second kappa shape index (κ2) is 6.82. The first kappa shape index (κ1) is 14.3. The van der Waals surface area contributed by atoms with Gasteiger partial charge in [-0.1, -0.05) is 27.7 Å². The molecule has 0 aliphatic carbocycles. The number of hydrogen-bond donors (Lipinski definition) is 1.